The van der Waals surface area contributed by atoms with Crippen LogP contribution in [0.25, 0.3) is 0 Å². The van der Waals surface area contributed by atoms with Crippen LogP contribution >= 0.6 is 0 Å². The van der Waals surface area contributed by atoms with Crippen molar-refractivity contribution in [1.82, 2.24) is 4.90 Å². The number of ether oxygens (including phenoxy) is 2. The van der Waals surface area contributed by atoms with Gasteiger partial charge in [-0.25, -0.2) is 0 Å². The molecule has 5 heteroatoms. The van der Waals surface area contributed by atoms with Gasteiger partial charge in [-0.05, 0) is 25.8 Å². The van der Waals surface area contributed by atoms with Gasteiger partial charge in [-0.15, -0.1) is 0 Å². The Labute approximate surface area is 103 Å². The van der Waals surface area contributed by atoms with Gasteiger partial charge in [0.15, 0.2) is 0 Å². The van der Waals surface area contributed by atoms with Crippen molar-refractivity contribution in [3.8, 4) is 0 Å². The fourth-order valence-corrected chi connectivity index (χ4v) is 2.14. The normalized spacial score (nSPS) is 25.9. The van der Waals surface area contributed by atoms with Gasteiger partial charge in [0.1, 0.15) is 0 Å². The maximum atomic E-state index is 9.72. The van der Waals surface area contributed by atoms with Crippen LogP contribution in [0.15, 0.2) is 0 Å². The SMILES string of the molecule is COCCOCC(O)CN(C)CC1CC(O)C1. The molecular formula is C12H25NO4. The van der Waals surface area contributed by atoms with E-state index in [1.807, 2.05) is 7.05 Å². The molecule has 0 saturated heterocycles. The summed E-state index contributed by atoms with van der Waals surface area (Å²) in [6, 6.07) is 0. The van der Waals surface area contributed by atoms with Crippen molar-refractivity contribution in [3.63, 3.8) is 0 Å². The number of aliphatic hydroxyl groups is 2. The second-order valence-electron chi connectivity index (χ2n) is 4.93. The van der Waals surface area contributed by atoms with Gasteiger partial charge >= 0.3 is 0 Å². The van der Waals surface area contributed by atoms with Crippen molar-refractivity contribution in [2.45, 2.75) is 25.0 Å². The number of nitrogens with zero attached hydrogens (tertiary/aromatic N) is 1. The molecule has 17 heavy (non-hydrogen) atoms. The summed E-state index contributed by atoms with van der Waals surface area (Å²) in [4.78, 5) is 2.10. The molecule has 1 atom stereocenters. The third kappa shape index (κ3) is 6.33. The first-order chi connectivity index (χ1) is 8.11. The van der Waals surface area contributed by atoms with Crippen LogP contribution in [0.5, 0.6) is 0 Å². The predicted molar refractivity (Wildman–Crippen MR) is 64.9 cm³/mol. The van der Waals surface area contributed by atoms with Gasteiger partial charge in [0, 0.05) is 20.2 Å². The summed E-state index contributed by atoms with van der Waals surface area (Å²) in [5, 5.41) is 18.9. The monoisotopic (exact) mass is 247 g/mol. The standard InChI is InChI=1S/C12H25NO4/c1-13(7-10-5-11(14)6-10)8-12(15)9-17-4-3-16-2/h10-12,14-15H,3-9H2,1-2H3. The zero-order valence-corrected chi connectivity index (χ0v) is 10.8. The summed E-state index contributed by atoms with van der Waals surface area (Å²) < 4.78 is 10.1. The molecule has 1 saturated carbocycles. The summed E-state index contributed by atoms with van der Waals surface area (Å²) in [6.45, 7) is 2.97. The molecule has 0 aliphatic heterocycles. The van der Waals surface area contributed by atoms with Crippen LogP contribution in [0.4, 0.5) is 0 Å². The molecule has 5 nitrogen and oxygen atoms in total. The number of hydrogen-bond donors (Lipinski definition) is 2. The Hall–Kier alpha value is -0.200. The topological polar surface area (TPSA) is 62.2 Å². The molecule has 0 heterocycles. The smallest absolute Gasteiger partial charge is 0.0900 e. The first kappa shape index (κ1) is 14.9. The van der Waals surface area contributed by atoms with Gasteiger partial charge in [-0.2, -0.15) is 0 Å². The largest absolute Gasteiger partial charge is 0.393 e. The number of methoxy groups -OCH3 is 1. The van der Waals surface area contributed by atoms with E-state index in [1.165, 1.54) is 0 Å². The van der Waals surface area contributed by atoms with Crippen molar-refractivity contribution in [1.29, 1.82) is 0 Å². The van der Waals surface area contributed by atoms with Crippen molar-refractivity contribution in [2.24, 2.45) is 5.92 Å². The summed E-state index contributed by atoms with van der Waals surface area (Å²) in [5.41, 5.74) is 0. The summed E-state index contributed by atoms with van der Waals surface area (Å²) >= 11 is 0. The van der Waals surface area contributed by atoms with Crippen molar-refractivity contribution < 1.29 is 19.7 Å². The molecule has 0 bridgehead atoms. The van der Waals surface area contributed by atoms with Crippen LogP contribution in [-0.4, -0.2) is 74.4 Å². The van der Waals surface area contributed by atoms with Gasteiger partial charge in [0.05, 0.1) is 32.0 Å². The van der Waals surface area contributed by atoms with Crippen molar-refractivity contribution >= 4 is 0 Å². The molecule has 0 spiro atoms. The predicted octanol–water partition coefficient (Wildman–Crippen LogP) is -0.287. The van der Waals surface area contributed by atoms with E-state index in [9.17, 15) is 10.2 Å². The molecule has 1 unspecified atom stereocenters. The summed E-state index contributed by atoms with van der Waals surface area (Å²) in [5.74, 6) is 0.580. The highest BCUT2D eigenvalue weighted by atomic mass is 16.5. The minimum atomic E-state index is -0.457. The molecule has 1 fully saturated rings. The number of hydrogen-bond acceptors (Lipinski definition) is 5. The third-order valence-electron chi connectivity index (χ3n) is 3.05. The lowest BCUT2D eigenvalue weighted by molar-refractivity contribution is -0.00897. The lowest BCUT2D eigenvalue weighted by atomic mass is 9.82. The van der Waals surface area contributed by atoms with E-state index in [0.717, 1.165) is 19.4 Å². The number of rotatable bonds is 9. The quantitative estimate of drug-likeness (QED) is 0.548. The Morgan fingerprint density at radius 1 is 1.35 bits per heavy atom. The van der Waals surface area contributed by atoms with Crippen LogP contribution in [0.2, 0.25) is 0 Å². The molecule has 0 aromatic rings. The summed E-state index contributed by atoms with van der Waals surface area (Å²) in [6.07, 6.45) is 1.23. The van der Waals surface area contributed by atoms with Crippen molar-refractivity contribution in [3.05, 3.63) is 0 Å². The minimum Gasteiger partial charge on any atom is -0.393 e. The van der Waals surface area contributed by atoms with Gasteiger partial charge in [0.25, 0.3) is 0 Å². The number of likely N-dealkylation sites (N-methyl/N-ethyl adjacent to an activating group) is 1. The maximum Gasteiger partial charge on any atom is 0.0900 e. The van der Waals surface area contributed by atoms with E-state index in [0.29, 0.717) is 32.3 Å². The number of aliphatic hydroxyl groups excluding tert-OH is 2. The van der Waals surface area contributed by atoms with Gasteiger partial charge in [0.2, 0.25) is 0 Å². The van der Waals surface area contributed by atoms with Gasteiger partial charge in [-0.1, -0.05) is 0 Å². The average Bonchev–Trinajstić information content (AvgIpc) is 2.22. The highest BCUT2D eigenvalue weighted by Gasteiger charge is 2.28. The Morgan fingerprint density at radius 3 is 2.65 bits per heavy atom. The third-order valence-corrected chi connectivity index (χ3v) is 3.05. The Morgan fingerprint density at radius 2 is 2.06 bits per heavy atom. The fraction of sp³-hybridized carbons (Fsp3) is 1.00. The highest BCUT2D eigenvalue weighted by molar-refractivity contribution is 4.80. The van der Waals surface area contributed by atoms with E-state index >= 15 is 0 Å². The Kier molecular flexibility index (Phi) is 6.99. The molecule has 1 aliphatic rings. The van der Waals surface area contributed by atoms with Crippen LogP contribution in [0.1, 0.15) is 12.8 Å². The molecular weight excluding hydrogens is 222 g/mol. The van der Waals surface area contributed by atoms with E-state index in [-0.39, 0.29) is 6.10 Å². The second-order valence-corrected chi connectivity index (χ2v) is 4.93. The fourth-order valence-electron chi connectivity index (χ4n) is 2.14. The zero-order valence-electron chi connectivity index (χ0n) is 10.8. The minimum absolute atomic E-state index is 0.101. The Bertz CT molecular complexity index is 197. The average molecular weight is 247 g/mol. The maximum absolute atomic E-state index is 9.72. The van der Waals surface area contributed by atoms with Crippen molar-refractivity contribution in [2.75, 3.05) is 47.1 Å². The lowest BCUT2D eigenvalue weighted by Crippen LogP contribution is -2.40. The molecule has 0 aromatic carbocycles. The zero-order chi connectivity index (χ0) is 12.7. The van der Waals surface area contributed by atoms with E-state index < -0.39 is 6.10 Å². The van der Waals surface area contributed by atoms with Crippen LogP contribution in [0.3, 0.4) is 0 Å². The first-order valence-electron chi connectivity index (χ1n) is 6.23. The molecule has 1 rings (SSSR count). The summed E-state index contributed by atoms with van der Waals surface area (Å²) in [7, 11) is 3.61. The van der Waals surface area contributed by atoms with E-state index in [2.05, 4.69) is 4.90 Å². The molecule has 1 aliphatic carbocycles. The van der Waals surface area contributed by atoms with Crippen LogP contribution in [0, 0.1) is 5.92 Å². The Balaban J connectivity index is 1.98. The van der Waals surface area contributed by atoms with Gasteiger partial charge < -0.3 is 24.6 Å². The highest BCUT2D eigenvalue weighted by Crippen LogP contribution is 2.27. The second kappa shape index (κ2) is 8.00. The van der Waals surface area contributed by atoms with Crippen LogP contribution in [-0.2, 0) is 9.47 Å². The molecule has 0 radical (unpaired) electrons. The molecule has 102 valence electrons. The lowest BCUT2D eigenvalue weighted by Gasteiger charge is -2.35. The first-order valence-corrected chi connectivity index (χ1v) is 6.23. The molecule has 0 aromatic heterocycles. The van der Waals surface area contributed by atoms with E-state index in [4.69, 9.17) is 9.47 Å². The van der Waals surface area contributed by atoms with Gasteiger partial charge in [-0.3, -0.25) is 0 Å². The molecule has 2 N–H and O–H groups in total. The van der Waals surface area contributed by atoms with Crippen LogP contribution < -0.4 is 0 Å². The van der Waals surface area contributed by atoms with E-state index in [1.54, 1.807) is 7.11 Å². The molecule has 0 amide bonds.